The molecular formula is C23H27F3N2O3. The summed E-state index contributed by atoms with van der Waals surface area (Å²) in [5.74, 6) is -1.19. The molecule has 3 aliphatic rings. The molecule has 4 rings (SSSR count). The van der Waals surface area contributed by atoms with E-state index in [1.165, 1.54) is 17.0 Å². The number of hydrogen-bond acceptors (Lipinski definition) is 3. The fourth-order valence-electron chi connectivity index (χ4n) is 4.79. The van der Waals surface area contributed by atoms with Gasteiger partial charge in [0.1, 0.15) is 0 Å². The highest BCUT2D eigenvalue weighted by molar-refractivity contribution is 6.11. The van der Waals surface area contributed by atoms with E-state index < -0.39 is 29.0 Å². The average molecular weight is 436 g/mol. The van der Waals surface area contributed by atoms with E-state index in [1.54, 1.807) is 4.90 Å². The summed E-state index contributed by atoms with van der Waals surface area (Å²) in [6.07, 6.45) is 1.20. The molecule has 31 heavy (non-hydrogen) atoms. The lowest BCUT2D eigenvalue weighted by Crippen LogP contribution is -2.44. The van der Waals surface area contributed by atoms with Crippen molar-refractivity contribution in [2.24, 2.45) is 0 Å². The van der Waals surface area contributed by atoms with Crippen LogP contribution < -0.4 is 0 Å². The first-order valence-corrected chi connectivity index (χ1v) is 11.0. The molecule has 168 valence electrons. The highest BCUT2D eigenvalue weighted by atomic mass is 19.4. The summed E-state index contributed by atoms with van der Waals surface area (Å²) in [6, 6.07) is 4.37. The summed E-state index contributed by atoms with van der Waals surface area (Å²) in [7, 11) is 0. The number of benzene rings is 1. The van der Waals surface area contributed by atoms with Crippen LogP contribution in [0.5, 0.6) is 0 Å². The maximum atomic E-state index is 13.5. The van der Waals surface area contributed by atoms with Crippen LogP contribution >= 0.6 is 0 Å². The summed E-state index contributed by atoms with van der Waals surface area (Å²) in [5.41, 5.74) is -2.35. The van der Waals surface area contributed by atoms with E-state index in [0.717, 1.165) is 44.2 Å². The lowest BCUT2D eigenvalue weighted by Gasteiger charge is -2.32. The van der Waals surface area contributed by atoms with Gasteiger partial charge in [0.15, 0.2) is 0 Å². The summed E-state index contributed by atoms with van der Waals surface area (Å²) in [4.78, 5) is 42.4. The first-order valence-electron chi connectivity index (χ1n) is 11.0. The van der Waals surface area contributed by atoms with E-state index in [4.69, 9.17) is 0 Å². The lowest BCUT2D eigenvalue weighted by molar-refractivity contribution is -0.143. The van der Waals surface area contributed by atoms with Crippen molar-refractivity contribution in [3.05, 3.63) is 35.4 Å². The molecule has 1 unspecified atom stereocenters. The van der Waals surface area contributed by atoms with Gasteiger partial charge in [0.2, 0.25) is 17.7 Å². The van der Waals surface area contributed by atoms with Crippen molar-refractivity contribution >= 4 is 17.7 Å². The monoisotopic (exact) mass is 436 g/mol. The van der Waals surface area contributed by atoms with Crippen molar-refractivity contribution in [2.75, 3.05) is 13.1 Å². The minimum absolute atomic E-state index is 0.101. The molecule has 2 aliphatic heterocycles. The Balaban J connectivity index is 1.69. The topological polar surface area (TPSA) is 57.7 Å². The summed E-state index contributed by atoms with van der Waals surface area (Å²) >= 11 is 0. The standard InChI is InChI=1S/C23H27F3N2O3/c24-23(25,26)17-8-6-7-16(13-17)22(15-20(30)28(21(22)31)18-9-10-18)14-19(29)27-11-4-2-1-3-5-12-27/h6-8,13,18H,1-5,9-12,14-15H2. The Hall–Kier alpha value is -2.38. The van der Waals surface area contributed by atoms with Crippen molar-refractivity contribution in [1.29, 1.82) is 0 Å². The van der Waals surface area contributed by atoms with Gasteiger partial charge in [0, 0.05) is 32.0 Å². The predicted octanol–water partition coefficient (Wildman–Crippen LogP) is 4.05. The second kappa shape index (κ2) is 8.28. The summed E-state index contributed by atoms with van der Waals surface area (Å²) < 4.78 is 40.1. The third kappa shape index (κ3) is 4.34. The maximum Gasteiger partial charge on any atom is 0.416 e. The molecule has 1 aromatic carbocycles. The van der Waals surface area contributed by atoms with Crippen LogP contribution in [0.1, 0.15) is 68.9 Å². The van der Waals surface area contributed by atoms with Crippen molar-refractivity contribution in [3.8, 4) is 0 Å². The predicted molar refractivity (Wildman–Crippen MR) is 107 cm³/mol. The molecule has 0 spiro atoms. The molecule has 1 aliphatic carbocycles. The third-order valence-electron chi connectivity index (χ3n) is 6.67. The van der Waals surface area contributed by atoms with Gasteiger partial charge in [-0.15, -0.1) is 0 Å². The van der Waals surface area contributed by atoms with Crippen LogP contribution in [-0.4, -0.2) is 46.7 Å². The SMILES string of the molecule is O=C(CC1(c2cccc(C(F)(F)F)c2)CC(=O)N(C2CC2)C1=O)N1CCCCCCC1. The molecule has 0 aromatic heterocycles. The van der Waals surface area contributed by atoms with E-state index in [1.807, 2.05) is 0 Å². The molecule has 3 amide bonds. The molecule has 5 nitrogen and oxygen atoms in total. The van der Waals surface area contributed by atoms with Gasteiger partial charge in [-0.05, 0) is 37.3 Å². The molecule has 1 saturated carbocycles. The number of likely N-dealkylation sites (tertiary alicyclic amines) is 2. The Bertz CT molecular complexity index is 873. The van der Waals surface area contributed by atoms with Gasteiger partial charge < -0.3 is 4.90 Å². The molecular weight excluding hydrogens is 409 g/mol. The van der Waals surface area contributed by atoms with Gasteiger partial charge in [0.05, 0.1) is 11.0 Å². The quantitative estimate of drug-likeness (QED) is 0.670. The average Bonchev–Trinajstić information content (AvgIpc) is 3.47. The van der Waals surface area contributed by atoms with E-state index in [-0.39, 0.29) is 30.4 Å². The molecule has 3 fully saturated rings. The van der Waals surface area contributed by atoms with E-state index in [0.29, 0.717) is 25.9 Å². The third-order valence-corrected chi connectivity index (χ3v) is 6.67. The smallest absolute Gasteiger partial charge is 0.343 e. The summed E-state index contributed by atoms with van der Waals surface area (Å²) in [5, 5.41) is 0. The Morgan fingerprint density at radius 1 is 1.03 bits per heavy atom. The number of alkyl halides is 3. The largest absolute Gasteiger partial charge is 0.416 e. The molecule has 0 radical (unpaired) electrons. The Labute approximate surface area is 179 Å². The second-order valence-electron chi connectivity index (χ2n) is 8.96. The fourth-order valence-corrected chi connectivity index (χ4v) is 4.79. The fraction of sp³-hybridized carbons (Fsp3) is 0.609. The zero-order valence-electron chi connectivity index (χ0n) is 17.4. The molecule has 1 atom stereocenters. The van der Waals surface area contributed by atoms with E-state index in [9.17, 15) is 27.6 Å². The van der Waals surface area contributed by atoms with Crippen molar-refractivity contribution < 1.29 is 27.6 Å². The molecule has 2 saturated heterocycles. The maximum absolute atomic E-state index is 13.5. The molecule has 1 aromatic rings. The van der Waals surface area contributed by atoms with Crippen LogP contribution in [-0.2, 0) is 26.0 Å². The van der Waals surface area contributed by atoms with Gasteiger partial charge >= 0.3 is 6.18 Å². The number of nitrogens with zero attached hydrogens (tertiary/aromatic N) is 2. The Morgan fingerprint density at radius 3 is 2.29 bits per heavy atom. The number of amides is 3. The van der Waals surface area contributed by atoms with Crippen LogP contribution in [0.15, 0.2) is 24.3 Å². The van der Waals surface area contributed by atoms with E-state index >= 15 is 0 Å². The Morgan fingerprint density at radius 2 is 1.68 bits per heavy atom. The van der Waals surface area contributed by atoms with Crippen LogP contribution in [0.4, 0.5) is 13.2 Å². The van der Waals surface area contributed by atoms with Crippen molar-refractivity contribution in [1.82, 2.24) is 9.80 Å². The van der Waals surface area contributed by atoms with Crippen LogP contribution in [0, 0.1) is 0 Å². The number of halogens is 3. The lowest BCUT2D eigenvalue weighted by atomic mass is 9.75. The molecule has 2 heterocycles. The number of carbonyl (C=O) groups excluding carboxylic acids is 3. The number of rotatable bonds is 4. The second-order valence-corrected chi connectivity index (χ2v) is 8.96. The van der Waals surface area contributed by atoms with Crippen LogP contribution in [0.25, 0.3) is 0 Å². The van der Waals surface area contributed by atoms with Gasteiger partial charge in [0.25, 0.3) is 0 Å². The van der Waals surface area contributed by atoms with Gasteiger partial charge in [-0.1, -0.05) is 37.5 Å². The number of hydrogen-bond donors (Lipinski definition) is 0. The van der Waals surface area contributed by atoms with Gasteiger partial charge in [-0.3, -0.25) is 19.3 Å². The van der Waals surface area contributed by atoms with Crippen molar-refractivity contribution in [2.45, 2.75) is 75.4 Å². The number of carbonyl (C=O) groups is 3. The van der Waals surface area contributed by atoms with Gasteiger partial charge in [-0.2, -0.15) is 13.2 Å². The minimum atomic E-state index is -4.58. The normalized spacial score (nSPS) is 25.5. The zero-order valence-corrected chi connectivity index (χ0v) is 17.4. The molecule has 0 N–H and O–H groups in total. The zero-order chi connectivity index (χ0) is 22.2. The highest BCUT2D eigenvalue weighted by Gasteiger charge is 2.57. The molecule has 0 bridgehead atoms. The number of imide groups is 1. The van der Waals surface area contributed by atoms with Crippen molar-refractivity contribution in [3.63, 3.8) is 0 Å². The summed E-state index contributed by atoms with van der Waals surface area (Å²) in [6.45, 7) is 1.15. The Kier molecular flexibility index (Phi) is 5.83. The van der Waals surface area contributed by atoms with Gasteiger partial charge in [-0.25, -0.2) is 0 Å². The van der Waals surface area contributed by atoms with Crippen LogP contribution in [0.2, 0.25) is 0 Å². The molecule has 8 heteroatoms. The van der Waals surface area contributed by atoms with E-state index in [2.05, 4.69) is 0 Å². The first-order chi connectivity index (χ1) is 14.7. The van der Waals surface area contributed by atoms with Crippen LogP contribution in [0.3, 0.4) is 0 Å². The first kappa shape index (κ1) is 21.8. The minimum Gasteiger partial charge on any atom is -0.343 e. The highest BCUT2D eigenvalue weighted by Crippen LogP contribution is 2.45.